The second-order valence-corrected chi connectivity index (χ2v) is 5.28. The van der Waals surface area contributed by atoms with Gasteiger partial charge in [-0.15, -0.1) is 0 Å². The van der Waals surface area contributed by atoms with Crippen molar-refractivity contribution in [3.05, 3.63) is 81.9 Å². The van der Waals surface area contributed by atoms with Gasteiger partial charge in [-0.05, 0) is 17.2 Å². The molecule has 0 heterocycles. The Morgan fingerprint density at radius 2 is 1.84 bits per heavy atom. The minimum absolute atomic E-state index is 0.0603. The smallest absolute Gasteiger partial charge is 0.313 e. The average molecular weight is 339 g/mol. The van der Waals surface area contributed by atoms with Crippen LogP contribution in [0.2, 0.25) is 0 Å². The first-order valence-electron chi connectivity index (χ1n) is 7.69. The molecule has 2 aromatic rings. The fraction of sp³-hybridized carbons (Fsp3) is 0.158. The van der Waals surface area contributed by atoms with E-state index in [9.17, 15) is 19.7 Å². The molecule has 0 bridgehead atoms. The quantitative estimate of drug-likeness (QED) is 0.242. The highest BCUT2D eigenvalue weighted by molar-refractivity contribution is 6.03. The molecule has 0 N–H and O–H groups in total. The van der Waals surface area contributed by atoms with Crippen LogP contribution in [0.25, 0.3) is 6.08 Å². The van der Waals surface area contributed by atoms with Gasteiger partial charge in [-0.25, -0.2) is 0 Å². The molecule has 0 radical (unpaired) electrons. The zero-order valence-corrected chi connectivity index (χ0v) is 13.5. The lowest BCUT2D eigenvalue weighted by Crippen LogP contribution is -2.11. The van der Waals surface area contributed by atoms with Crippen molar-refractivity contribution < 1.29 is 19.2 Å². The topological polar surface area (TPSA) is 86.5 Å². The van der Waals surface area contributed by atoms with Gasteiger partial charge in [0.05, 0.1) is 11.5 Å². The molecule has 2 aromatic carbocycles. The van der Waals surface area contributed by atoms with Crippen molar-refractivity contribution >= 4 is 23.5 Å². The van der Waals surface area contributed by atoms with Crippen molar-refractivity contribution in [3.8, 4) is 0 Å². The number of rotatable bonds is 8. The van der Waals surface area contributed by atoms with Crippen molar-refractivity contribution in [2.75, 3.05) is 6.61 Å². The van der Waals surface area contributed by atoms with Gasteiger partial charge in [-0.2, -0.15) is 0 Å². The highest BCUT2D eigenvalue weighted by Crippen LogP contribution is 2.14. The molecule has 0 aliphatic heterocycles. The van der Waals surface area contributed by atoms with Crippen LogP contribution in [0, 0.1) is 10.1 Å². The Labute approximate surface area is 144 Å². The van der Waals surface area contributed by atoms with Crippen molar-refractivity contribution in [2.45, 2.75) is 12.8 Å². The minimum Gasteiger partial charge on any atom is -0.465 e. The number of ketones is 1. The molecule has 128 valence electrons. The number of nitro benzene ring substituents is 1. The van der Waals surface area contributed by atoms with Gasteiger partial charge in [0, 0.05) is 18.6 Å². The Bertz CT molecular complexity index is 783. The number of non-ortho nitro benzene ring substituents is 1. The number of allylic oxidation sites excluding steroid dienone is 1. The van der Waals surface area contributed by atoms with E-state index in [1.165, 1.54) is 30.4 Å². The first-order chi connectivity index (χ1) is 12.0. The van der Waals surface area contributed by atoms with Crippen LogP contribution in [0.15, 0.2) is 60.7 Å². The Kier molecular flexibility index (Phi) is 6.59. The molecule has 0 saturated heterocycles. The predicted molar refractivity (Wildman–Crippen MR) is 92.9 cm³/mol. The van der Waals surface area contributed by atoms with Gasteiger partial charge in [-0.1, -0.05) is 48.5 Å². The number of esters is 1. The zero-order chi connectivity index (χ0) is 18.1. The van der Waals surface area contributed by atoms with Gasteiger partial charge < -0.3 is 4.74 Å². The summed E-state index contributed by atoms with van der Waals surface area (Å²) in [5, 5.41) is 10.7. The van der Waals surface area contributed by atoms with Gasteiger partial charge in [0.1, 0.15) is 6.42 Å². The van der Waals surface area contributed by atoms with Crippen LogP contribution in [0.5, 0.6) is 0 Å². The molecule has 0 spiro atoms. The van der Waals surface area contributed by atoms with Crippen molar-refractivity contribution in [2.24, 2.45) is 0 Å². The van der Waals surface area contributed by atoms with Gasteiger partial charge in [-0.3, -0.25) is 19.7 Å². The molecule has 25 heavy (non-hydrogen) atoms. The van der Waals surface area contributed by atoms with Gasteiger partial charge in [0.2, 0.25) is 0 Å². The standard InChI is InChI=1S/C19H17NO5/c21-18(10-9-16-7-4-8-17(13-16)20(23)24)14-19(22)25-12-11-15-5-2-1-3-6-15/h1-10,13H,11-12,14H2. The van der Waals surface area contributed by atoms with E-state index < -0.39 is 16.7 Å². The summed E-state index contributed by atoms with van der Waals surface area (Å²) < 4.78 is 5.04. The van der Waals surface area contributed by atoms with Crippen LogP contribution in [0.4, 0.5) is 5.69 Å². The van der Waals surface area contributed by atoms with Crippen molar-refractivity contribution in [3.63, 3.8) is 0 Å². The molecule has 0 fully saturated rings. The molecule has 0 amide bonds. The number of hydrogen-bond donors (Lipinski definition) is 0. The van der Waals surface area contributed by atoms with E-state index in [4.69, 9.17) is 4.74 Å². The molecule has 0 unspecified atom stereocenters. The molecule has 6 nitrogen and oxygen atoms in total. The predicted octanol–water partition coefficient (Wildman–Crippen LogP) is 3.35. The maximum atomic E-state index is 11.8. The lowest BCUT2D eigenvalue weighted by atomic mass is 10.1. The summed E-state index contributed by atoms with van der Waals surface area (Å²) in [5.74, 6) is -1.01. The minimum atomic E-state index is -0.593. The van der Waals surface area contributed by atoms with E-state index in [1.54, 1.807) is 6.07 Å². The third kappa shape index (κ3) is 6.39. The van der Waals surface area contributed by atoms with Gasteiger partial charge in [0.25, 0.3) is 5.69 Å². The third-order valence-corrected chi connectivity index (χ3v) is 3.36. The second kappa shape index (κ2) is 9.12. The number of carbonyl (C=O) groups excluding carboxylic acids is 2. The highest BCUT2D eigenvalue weighted by atomic mass is 16.6. The van der Waals surface area contributed by atoms with Crippen LogP contribution >= 0.6 is 0 Å². The van der Waals surface area contributed by atoms with Gasteiger partial charge >= 0.3 is 5.97 Å². The van der Waals surface area contributed by atoms with Crippen molar-refractivity contribution in [1.82, 2.24) is 0 Å². The molecular weight excluding hydrogens is 322 g/mol. The Balaban J connectivity index is 1.78. The summed E-state index contributed by atoms with van der Waals surface area (Å²) >= 11 is 0. The molecule has 0 saturated carbocycles. The van der Waals surface area contributed by atoms with Crippen LogP contribution in [-0.4, -0.2) is 23.3 Å². The zero-order valence-electron chi connectivity index (χ0n) is 13.5. The summed E-state index contributed by atoms with van der Waals surface area (Å²) in [6.45, 7) is 0.213. The fourth-order valence-electron chi connectivity index (χ4n) is 2.11. The number of nitro groups is 1. The summed E-state index contributed by atoms with van der Waals surface area (Å²) in [6, 6.07) is 15.4. The van der Waals surface area contributed by atoms with Crippen LogP contribution < -0.4 is 0 Å². The van der Waals surface area contributed by atoms with Crippen molar-refractivity contribution in [1.29, 1.82) is 0 Å². The first-order valence-corrected chi connectivity index (χ1v) is 7.69. The van der Waals surface area contributed by atoms with Crippen LogP contribution in [0.3, 0.4) is 0 Å². The lowest BCUT2D eigenvalue weighted by molar-refractivity contribution is -0.384. The van der Waals surface area contributed by atoms with E-state index in [0.717, 1.165) is 5.56 Å². The van der Waals surface area contributed by atoms with Crippen LogP contribution in [-0.2, 0) is 20.7 Å². The maximum absolute atomic E-state index is 11.8. The van der Waals surface area contributed by atoms with Crippen LogP contribution in [0.1, 0.15) is 17.5 Å². The Hall–Kier alpha value is -3.28. The molecule has 6 heteroatoms. The molecule has 2 rings (SSSR count). The van der Waals surface area contributed by atoms with E-state index in [0.29, 0.717) is 12.0 Å². The van der Waals surface area contributed by atoms with E-state index in [-0.39, 0.29) is 18.7 Å². The maximum Gasteiger partial charge on any atom is 0.313 e. The number of hydrogen-bond acceptors (Lipinski definition) is 5. The number of carbonyl (C=O) groups is 2. The summed E-state index contributed by atoms with van der Waals surface area (Å²) in [7, 11) is 0. The Morgan fingerprint density at radius 3 is 2.56 bits per heavy atom. The Morgan fingerprint density at radius 1 is 1.08 bits per heavy atom. The largest absolute Gasteiger partial charge is 0.465 e. The molecular formula is C19H17NO5. The number of benzene rings is 2. The summed E-state index contributed by atoms with van der Waals surface area (Å²) in [5.41, 5.74) is 1.50. The molecule has 0 aliphatic carbocycles. The van der Waals surface area contributed by atoms with E-state index in [2.05, 4.69) is 0 Å². The monoisotopic (exact) mass is 339 g/mol. The third-order valence-electron chi connectivity index (χ3n) is 3.36. The van der Waals surface area contributed by atoms with E-state index in [1.807, 2.05) is 30.3 Å². The summed E-state index contributed by atoms with van der Waals surface area (Å²) in [4.78, 5) is 33.6. The van der Waals surface area contributed by atoms with E-state index >= 15 is 0 Å². The molecule has 0 aliphatic rings. The average Bonchev–Trinajstić information content (AvgIpc) is 2.61. The SMILES string of the molecule is O=C(C=Cc1cccc([N+](=O)[O-])c1)CC(=O)OCCc1ccccc1. The normalized spacial score (nSPS) is 10.6. The highest BCUT2D eigenvalue weighted by Gasteiger charge is 2.09. The van der Waals surface area contributed by atoms with Gasteiger partial charge in [0.15, 0.2) is 5.78 Å². The number of ether oxygens (including phenoxy) is 1. The molecule has 0 atom stereocenters. The first kappa shape index (κ1) is 18.1. The number of nitrogens with zero attached hydrogens (tertiary/aromatic N) is 1. The molecule has 0 aromatic heterocycles. The fourth-order valence-corrected chi connectivity index (χ4v) is 2.11. The second-order valence-electron chi connectivity index (χ2n) is 5.28. The summed E-state index contributed by atoms with van der Waals surface area (Å²) in [6.07, 6.45) is 2.88. The lowest BCUT2D eigenvalue weighted by Gasteiger charge is -2.03.